The van der Waals surface area contributed by atoms with Gasteiger partial charge in [-0.05, 0) is 37.3 Å². The van der Waals surface area contributed by atoms with E-state index in [1.165, 1.54) is 0 Å². The minimum absolute atomic E-state index is 0.0379. The molecule has 0 radical (unpaired) electrons. The molecule has 0 aliphatic carbocycles. The molecule has 27 heavy (non-hydrogen) atoms. The zero-order chi connectivity index (χ0) is 20.0. The summed E-state index contributed by atoms with van der Waals surface area (Å²) >= 11 is 0. The lowest BCUT2D eigenvalue weighted by molar-refractivity contribution is -0.134. The molecular weight excluding hydrogens is 342 g/mol. The van der Waals surface area contributed by atoms with Gasteiger partial charge in [0.2, 0.25) is 11.8 Å². The van der Waals surface area contributed by atoms with Gasteiger partial charge in [-0.3, -0.25) is 14.4 Å². The molecule has 1 aliphatic heterocycles. The van der Waals surface area contributed by atoms with Crippen molar-refractivity contribution >= 4 is 17.7 Å². The van der Waals surface area contributed by atoms with Crippen molar-refractivity contribution in [3.05, 3.63) is 35.4 Å². The molecule has 0 saturated carbocycles. The van der Waals surface area contributed by atoms with Gasteiger partial charge >= 0.3 is 0 Å². The van der Waals surface area contributed by atoms with Crippen molar-refractivity contribution < 1.29 is 14.4 Å². The molecule has 1 atom stereocenters. The van der Waals surface area contributed by atoms with Crippen LogP contribution < -0.4 is 5.32 Å². The molecule has 6 nitrogen and oxygen atoms in total. The zero-order valence-electron chi connectivity index (χ0n) is 16.8. The third kappa shape index (κ3) is 5.81. The third-order valence-electron chi connectivity index (χ3n) is 4.95. The summed E-state index contributed by atoms with van der Waals surface area (Å²) in [4.78, 5) is 41.0. The van der Waals surface area contributed by atoms with E-state index in [2.05, 4.69) is 5.32 Å². The molecule has 1 N–H and O–H groups in total. The van der Waals surface area contributed by atoms with Crippen LogP contribution in [0.5, 0.6) is 0 Å². The van der Waals surface area contributed by atoms with Crippen LogP contribution >= 0.6 is 0 Å². The van der Waals surface area contributed by atoms with Crippen molar-refractivity contribution in [3.63, 3.8) is 0 Å². The van der Waals surface area contributed by atoms with Crippen LogP contribution in [-0.2, 0) is 9.59 Å². The standard InChI is InChI=1S/C21H31N3O3/c1-15(2)14-19(22-20(26)18-9-6-5-8-16(18)3)21(27)24-11-7-10-23(12-13-24)17(4)25/h5-6,8-9,15,19H,7,10-14H2,1-4H3,(H,22,26). The average molecular weight is 373 g/mol. The molecule has 1 heterocycles. The molecule has 2 rings (SSSR count). The van der Waals surface area contributed by atoms with E-state index in [1.807, 2.05) is 39.0 Å². The minimum atomic E-state index is -0.555. The number of hydrogen-bond acceptors (Lipinski definition) is 3. The van der Waals surface area contributed by atoms with Crippen LogP contribution in [0, 0.1) is 12.8 Å². The van der Waals surface area contributed by atoms with E-state index in [-0.39, 0.29) is 23.6 Å². The van der Waals surface area contributed by atoms with Crippen LogP contribution in [0.1, 0.15) is 49.5 Å². The molecule has 1 fully saturated rings. The van der Waals surface area contributed by atoms with E-state index in [0.717, 1.165) is 12.0 Å². The van der Waals surface area contributed by atoms with Crippen LogP contribution in [0.15, 0.2) is 24.3 Å². The maximum Gasteiger partial charge on any atom is 0.252 e. The van der Waals surface area contributed by atoms with Crippen molar-refractivity contribution in [1.82, 2.24) is 15.1 Å². The highest BCUT2D eigenvalue weighted by atomic mass is 16.2. The fourth-order valence-corrected chi connectivity index (χ4v) is 3.43. The molecule has 1 aromatic carbocycles. The number of hydrogen-bond donors (Lipinski definition) is 1. The summed E-state index contributed by atoms with van der Waals surface area (Å²) < 4.78 is 0. The summed E-state index contributed by atoms with van der Waals surface area (Å²) in [6.45, 7) is 9.86. The first kappa shape index (κ1) is 20.9. The van der Waals surface area contributed by atoms with Crippen LogP contribution in [-0.4, -0.2) is 59.7 Å². The van der Waals surface area contributed by atoms with Gasteiger partial charge in [-0.2, -0.15) is 0 Å². The predicted molar refractivity (Wildman–Crippen MR) is 105 cm³/mol. The molecule has 0 spiro atoms. The average Bonchev–Trinajstić information content (AvgIpc) is 2.86. The quantitative estimate of drug-likeness (QED) is 0.860. The van der Waals surface area contributed by atoms with Crippen molar-refractivity contribution in [2.24, 2.45) is 5.92 Å². The normalized spacial score (nSPS) is 16.0. The monoisotopic (exact) mass is 373 g/mol. The van der Waals surface area contributed by atoms with Crippen LogP contribution in [0.25, 0.3) is 0 Å². The molecule has 3 amide bonds. The fraction of sp³-hybridized carbons (Fsp3) is 0.571. The van der Waals surface area contributed by atoms with E-state index in [0.29, 0.717) is 38.2 Å². The Morgan fingerprint density at radius 3 is 2.30 bits per heavy atom. The van der Waals surface area contributed by atoms with Gasteiger partial charge < -0.3 is 15.1 Å². The number of carbonyl (C=O) groups excluding carboxylic acids is 3. The number of benzene rings is 1. The van der Waals surface area contributed by atoms with Gasteiger partial charge in [0.05, 0.1) is 0 Å². The lowest BCUT2D eigenvalue weighted by Crippen LogP contribution is -2.50. The van der Waals surface area contributed by atoms with Gasteiger partial charge in [-0.1, -0.05) is 32.0 Å². The first-order valence-electron chi connectivity index (χ1n) is 9.70. The summed E-state index contributed by atoms with van der Waals surface area (Å²) in [5.74, 6) is 0.0380. The van der Waals surface area contributed by atoms with E-state index in [4.69, 9.17) is 0 Å². The van der Waals surface area contributed by atoms with Gasteiger partial charge in [0.15, 0.2) is 0 Å². The van der Waals surface area contributed by atoms with E-state index < -0.39 is 6.04 Å². The number of aryl methyl sites for hydroxylation is 1. The third-order valence-corrected chi connectivity index (χ3v) is 4.95. The molecular formula is C21H31N3O3. The second kappa shape index (κ2) is 9.53. The Morgan fingerprint density at radius 2 is 1.67 bits per heavy atom. The highest BCUT2D eigenvalue weighted by Gasteiger charge is 2.29. The summed E-state index contributed by atoms with van der Waals surface area (Å²) in [5.41, 5.74) is 1.48. The molecule has 1 saturated heterocycles. The predicted octanol–water partition coefficient (Wildman–Crippen LogP) is 2.22. The van der Waals surface area contributed by atoms with Crippen LogP contribution in [0.4, 0.5) is 0 Å². The van der Waals surface area contributed by atoms with Gasteiger partial charge in [0.25, 0.3) is 5.91 Å². The number of nitrogens with one attached hydrogen (secondary N) is 1. The topological polar surface area (TPSA) is 69.7 Å². The summed E-state index contributed by atoms with van der Waals surface area (Å²) in [6, 6.07) is 6.83. The number of rotatable bonds is 5. The van der Waals surface area contributed by atoms with Crippen molar-refractivity contribution in [2.75, 3.05) is 26.2 Å². The maximum absolute atomic E-state index is 13.1. The summed E-state index contributed by atoms with van der Waals surface area (Å²) in [7, 11) is 0. The Labute approximate surface area is 161 Å². The van der Waals surface area contributed by atoms with Crippen LogP contribution in [0.3, 0.4) is 0 Å². The maximum atomic E-state index is 13.1. The highest BCUT2D eigenvalue weighted by molar-refractivity contribution is 5.98. The second-order valence-corrected chi connectivity index (χ2v) is 7.66. The molecule has 0 bridgehead atoms. The van der Waals surface area contributed by atoms with E-state index >= 15 is 0 Å². The zero-order valence-corrected chi connectivity index (χ0v) is 16.8. The Hall–Kier alpha value is -2.37. The lowest BCUT2D eigenvalue weighted by Gasteiger charge is -2.28. The molecule has 6 heteroatoms. The molecule has 1 aromatic rings. The fourth-order valence-electron chi connectivity index (χ4n) is 3.43. The van der Waals surface area contributed by atoms with E-state index in [1.54, 1.807) is 22.8 Å². The number of nitrogens with zero attached hydrogens (tertiary/aromatic N) is 2. The smallest absolute Gasteiger partial charge is 0.252 e. The lowest BCUT2D eigenvalue weighted by atomic mass is 10.0. The highest BCUT2D eigenvalue weighted by Crippen LogP contribution is 2.13. The second-order valence-electron chi connectivity index (χ2n) is 7.66. The molecule has 1 unspecified atom stereocenters. The Kier molecular flexibility index (Phi) is 7.39. The van der Waals surface area contributed by atoms with Gasteiger partial charge in [0, 0.05) is 38.7 Å². The van der Waals surface area contributed by atoms with Gasteiger partial charge in [0.1, 0.15) is 6.04 Å². The summed E-state index contributed by atoms with van der Waals surface area (Å²) in [5, 5.41) is 2.95. The largest absolute Gasteiger partial charge is 0.341 e. The molecule has 148 valence electrons. The Balaban J connectivity index is 2.10. The SMILES string of the molecule is CC(=O)N1CCCN(C(=O)C(CC(C)C)NC(=O)c2ccccc2C)CC1. The van der Waals surface area contributed by atoms with Gasteiger partial charge in [-0.25, -0.2) is 0 Å². The molecule has 0 aromatic heterocycles. The number of carbonyl (C=O) groups is 3. The first-order valence-corrected chi connectivity index (χ1v) is 9.70. The summed E-state index contributed by atoms with van der Waals surface area (Å²) in [6.07, 6.45) is 1.34. The van der Waals surface area contributed by atoms with Crippen molar-refractivity contribution in [3.8, 4) is 0 Å². The molecule has 1 aliphatic rings. The van der Waals surface area contributed by atoms with E-state index in [9.17, 15) is 14.4 Å². The van der Waals surface area contributed by atoms with Crippen LogP contribution in [0.2, 0.25) is 0 Å². The Bertz CT molecular complexity index is 687. The first-order chi connectivity index (χ1) is 12.8. The minimum Gasteiger partial charge on any atom is -0.341 e. The van der Waals surface area contributed by atoms with Crippen molar-refractivity contribution in [1.29, 1.82) is 0 Å². The van der Waals surface area contributed by atoms with Gasteiger partial charge in [-0.15, -0.1) is 0 Å². The Morgan fingerprint density at radius 1 is 1.04 bits per heavy atom. The van der Waals surface area contributed by atoms with Crippen molar-refractivity contribution in [2.45, 2.75) is 46.6 Å². The number of amides is 3.